The van der Waals surface area contributed by atoms with E-state index in [9.17, 15) is 4.39 Å². The molecule has 2 aromatic heterocycles. The number of ether oxygens (including phenoxy) is 1. The number of aromatic nitrogens is 3. The van der Waals surface area contributed by atoms with Crippen LogP contribution in [0.15, 0.2) is 36.7 Å². The highest BCUT2D eigenvalue weighted by Crippen LogP contribution is 2.30. The highest BCUT2D eigenvalue weighted by Gasteiger charge is 2.16. The van der Waals surface area contributed by atoms with Crippen molar-refractivity contribution in [3.63, 3.8) is 0 Å². The van der Waals surface area contributed by atoms with Crippen molar-refractivity contribution >= 4 is 11.3 Å². The quantitative estimate of drug-likeness (QED) is 0.706. The number of hydrogen-bond donors (Lipinski definition) is 1. The lowest BCUT2D eigenvalue weighted by Gasteiger charge is -2.10. The van der Waals surface area contributed by atoms with Crippen molar-refractivity contribution in [3.05, 3.63) is 42.5 Å². The molecular weight excluding hydrogens is 331 g/mol. The summed E-state index contributed by atoms with van der Waals surface area (Å²) >= 11 is 0. The molecule has 0 spiro atoms. The van der Waals surface area contributed by atoms with Crippen LogP contribution in [0.2, 0.25) is 0 Å². The minimum Gasteiger partial charge on any atom is -0.478 e. The van der Waals surface area contributed by atoms with Gasteiger partial charge < -0.3 is 10.1 Å². The zero-order valence-corrected chi connectivity index (χ0v) is 14.9. The summed E-state index contributed by atoms with van der Waals surface area (Å²) in [6.07, 6.45) is 9.81. The number of rotatable bonds is 6. The number of anilines is 1. The largest absolute Gasteiger partial charge is 0.478 e. The minimum atomic E-state index is -0.298. The van der Waals surface area contributed by atoms with Crippen molar-refractivity contribution < 1.29 is 9.13 Å². The SMILES string of the molecule is CNc1ccc(F)c(-c2cnn3ccc(OCCC4CCCC4)nc23)c1. The molecule has 0 amide bonds. The zero-order valence-electron chi connectivity index (χ0n) is 14.9. The van der Waals surface area contributed by atoms with Gasteiger partial charge in [0.25, 0.3) is 0 Å². The molecule has 1 aromatic carbocycles. The summed E-state index contributed by atoms with van der Waals surface area (Å²) < 4.78 is 21.8. The molecule has 0 unspecified atom stereocenters. The van der Waals surface area contributed by atoms with Gasteiger partial charge in [-0.15, -0.1) is 0 Å². The van der Waals surface area contributed by atoms with E-state index in [4.69, 9.17) is 4.74 Å². The Morgan fingerprint density at radius 1 is 1.23 bits per heavy atom. The molecule has 1 aliphatic carbocycles. The molecule has 1 aliphatic rings. The summed E-state index contributed by atoms with van der Waals surface area (Å²) in [5.41, 5.74) is 2.56. The highest BCUT2D eigenvalue weighted by molar-refractivity contribution is 5.79. The highest BCUT2D eigenvalue weighted by atomic mass is 19.1. The average molecular weight is 354 g/mol. The van der Waals surface area contributed by atoms with Crippen LogP contribution in [0.4, 0.5) is 10.1 Å². The standard InChI is InChI=1S/C20H23FN4O/c1-22-15-6-7-18(21)16(12-15)17-13-23-25-10-8-19(24-20(17)25)26-11-9-14-4-2-3-5-14/h6-8,10,12-14,22H,2-5,9,11H2,1H3. The van der Waals surface area contributed by atoms with Crippen molar-refractivity contribution in [1.29, 1.82) is 0 Å². The summed E-state index contributed by atoms with van der Waals surface area (Å²) in [4.78, 5) is 4.56. The smallest absolute Gasteiger partial charge is 0.216 e. The van der Waals surface area contributed by atoms with Crippen LogP contribution in [0, 0.1) is 11.7 Å². The maximum absolute atomic E-state index is 14.3. The molecule has 26 heavy (non-hydrogen) atoms. The first-order valence-electron chi connectivity index (χ1n) is 9.19. The van der Waals surface area contributed by atoms with E-state index < -0.39 is 0 Å². The van der Waals surface area contributed by atoms with Crippen LogP contribution >= 0.6 is 0 Å². The van der Waals surface area contributed by atoms with Crippen molar-refractivity contribution in [1.82, 2.24) is 14.6 Å². The van der Waals surface area contributed by atoms with Gasteiger partial charge in [-0.25, -0.2) is 8.91 Å². The molecule has 0 aliphatic heterocycles. The number of fused-ring (bicyclic) bond motifs is 1. The molecule has 0 bridgehead atoms. The Morgan fingerprint density at radius 3 is 2.88 bits per heavy atom. The van der Waals surface area contributed by atoms with Gasteiger partial charge in [0.2, 0.25) is 5.88 Å². The third-order valence-corrected chi connectivity index (χ3v) is 5.14. The summed E-state index contributed by atoms with van der Waals surface area (Å²) in [6.45, 7) is 0.668. The molecule has 1 fully saturated rings. The van der Waals surface area contributed by atoms with Gasteiger partial charge in [0.15, 0.2) is 5.65 Å². The lowest BCUT2D eigenvalue weighted by Crippen LogP contribution is -2.05. The van der Waals surface area contributed by atoms with E-state index in [1.54, 1.807) is 35.1 Å². The molecule has 0 radical (unpaired) electrons. The molecule has 136 valence electrons. The molecule has 1 N–H and O–H groups in total. The Morgan fingerprint density at radius 2 is 2.08 bits per heavy atom. The third kappa shape index (κ3) is 3.36. The fourth-order valence-corrected chi connectivity index (χ4v) is 3.64. The fourth-order valence-electron chi connectivity index (χ4n) is 3.64. The van der Waals surface area contributed by atoms with E-state index in [1.807, 2.05) is 7.05 Å². The van der Waals surface area contributed by atoms with Crippen molar-refractivity contribution in [2.45, 2.75) is 32.1 Å². The predicted molar refractivity (Wildman–Crippen MR) is 100.0 cm³/mol. The van der Waals surface area contributed by atoms with Gasteiger partial charge in [-0.1, -0.05) is 25.7 Å². The fraction of sp³-hybridized carbons (Fsp3) is 0.400. The Labute approximate surface area is 152 Å². The van der Waals surface area contributed by atoms with Crippen LogP contribution in [0.25, 0.3) is 16.8 Å². The summed E-state index contributed by atoms with van der Waals surface area (Å²) in [5, 5.41) is 7.32. The maximum atomic E-state index is 14.3. The van der Waals surface area contributed by atoms with Crippen LogP contribution in [0.3, 0.4) is 0 Å². The molecule has 6 heteroatoms. The van der Waals surface area contributed by atoms with Gasteiger partial charge in [-0.3, -0.25) is 0 Å². The second kappa shape index (κ2) is 7.32. The van der Waals surface area contributed by atoms with Crippen LogP contribution in [-0.2, 0) is 0 Å². The Hall–Kier alpha value is -2.63. The molecule has 4 rings (SSSR count). The van der Waals surface area contributed by atoms with Gasteiger partial charge >= 0.3 is 0 Å². The van der Waals surface area contributed by atoms with E-state index >= 15 is 0 Å². The van der Waals surface area contributed by atoms with Crippen LogP contribution in [0.5, 0.6) is 5.88 Å². The second-order valence-electron chi connectivity index (χ2n) is 6.82. The molecule has 2 heterocycles. The first kappa shape index (κ1) is 16.8. The van der Waals surface area contributed by atoms with E-state index in [0.29, 0.717) is 29.3 Å². The Kier molecular flexibility index (Phi) is 4.73. The molecular formula is C20H23FN4O. The Bertz CT molecular complexity index is 902. The van der Waals surface area contributed by atoms with Crippen LogP contribution in [0.1, 0.15) is 32.1 Å². The molecule has 5 nitrogen and oxygen atoms in total. The van der Waals surface area contributed by atoms with Gasteiger partial charge in [0.05, 0.1) is 12.8 Å². The van der Waals surface area contributed by atoms with E-state index in [2.05, 4.69) is 15.4 Å². The van der Waals surface area contributed by atoms with E-state index in [1.165, 1.54) is 31.7 Å². The van der Waals surface area contributed by atoms with Crippen molar-refractivity contribution in [2.24, 2.45) is 5.92 Å². The zero-order chi connectivity index (χ0) is 17.9. The number of nitrogens with zero attached hydrogens (tertiary/aromatic N) is 3. The van der Waals surface area contributed by atoms with Gasteiger partial charge in [-0.05, 0) is 30.5 Å². The topological polar surface area (TPSA) is 51.5 Å². The summed E-state index contributed by atoms with van der Waals surface area (Å²) in [6, 6.07) is 6.72. The summed E-state index contributed by atoms with van der Waals surface area (Å²) in [7, 11) is 1.81. The van der Waals surface area contributed by atoms with Crippen molar-refractivity contribution in [2.75, 3.05) is 19.0 Å². The molecule has 0 atom stereocenters. The predicted octanol–water partition coefficient (Wildman–Crippen LogP) is 4.54. The maximum Gasteiger partial charge on any atom is 0.216 e. The number of nitrogens with one attached hydrogen (secondary N) is 1. The van der Waals surface area contributed by atoms with Gasteiger partial charge in [0, 0.05) is 36.1 Å². The normalized spacial score (nSPS) is 14.8. The lowest BCUT2D eigenvalue weighted by atomic mass is 10.1. The first-order chi connectivity index (χ1) is 12.7. The van der Waals surface area contributed by atoms with Crippen LogP contribution in [-0.4, -0.2) is 28.3 Å². The lowest BCUT2D eigenvalue weighted by molar-refractivity contribution is 0.270. The van der Waals surface area contributed by atoms with Gasteiger partial charge in [0.1, 0.15) is 5.82 Å². The number of hydrogen-bond acceptors (Lipinski definition) is 4. The monoisotopic (exact) mass is 354 g/mol. The second-order valence-corrected chi connectivity index (χ2v) is 6.82. The molecule has 1 saturated carbocycles. The van der Waals surface area contributed by atoms with Crippen molar-refractivity contribution in [3.8, 4) is 17.0 Å². The molecule has 0 saturated heterocycles. The number of halogens is 1. The van der Waals surface area contributed by atoms with Gasteiger partial charge in [-0.2, -0.15) is 10.1 Å². The number of benzene rings is 1. The summed E-state index contributed by atoms with van der Waals surface area (Å²) in [5.74, 6) is 1.04. The Balaban J connectivity index is 1.58. The first-order valence-corrected chi connectivity index (χ1v) is 9.19. The van der Waals surface area contributed by atoms with E-state index in [0.717, 1.165) is 18.0 Å². The van der Waals surface area contributed by atoms with E-state index in [-0.39, 0.29) is 5.82 Å². The third-order valence-electron chi connectivity index (χ3n) is 5.14. The van der Waals surface area contributed by atoms with Crippen LogP contribution < -0.4 is 10.1 Å². The minimum absolute atomic E-state index is 0.298. The molecule has 3 aromatic rings. The average Bonchev–Trinajstić information content (AvgIpc) is 3.32.